The van der Waals surface area contributed by atoms with Crippen LogP contribution < -0.4 is 26.2 Å². The number of benzene rings is 11. The van der Waals surface area contributed by atoms with Crippen molar-refractivity contribution in [2.75, 3.05) is 9.80 Å². The molecule has 12 aromatic rings. The van der Waals surface area contributed by atoms with Gasteiger partial charge in [-0.25, -0.2) is 0 Å². The normalized spacial score (nSPS) is 12.7. The molecule has 0 amide bonds. The summed E-state index contributed by atoms with van der Waals surface area (Å²) < 4.78 is 2.49. The quantitative estimate of drug-likeness (QED) is 0.141. The zero-order chi connectivity index (χ0) is 48.6. The van der Waals surface area contributed by atoms with E-state index in [1.165, 1.54) is 94.1 Å². The molecule has 0 radical (unpaired) electrons. The molecule has 0 spiro atoms. The summed E-state index contributed by atoms with van der Waals surface area (Å²) in [4.78, 5) is 5.12. The minimum absolute atomic E-state index is 0.0839. The third-order valence-electron chi connectivity index (χ3n) is 15.7. The van der Waals surface area contributed by atoms with Crippen molar-refractivity contribution in [3.63, 3.8) is 0 Å². The Morgan fingerprint density at radius 2 is 0.740 bits per heavy atom. The van der Waals surface area contributed by atoms with Crippen LogP contribution >= 0.6 is 0 Å². The Labute approximate surface area is 427 Å². The summed E-state index contributed by atoms with van der Waals surface area (Å²) >= 11 is 0. The van der Waals surface area contributed by atoms with Gasteiger partial charge < -0.3 is 14.4 Å². The van der Waals surface area contributed by atoms with E-state index in [2.05, 4.69) is 295 Å². The zero-order valence-electron chi connectivity index (χ0n) is 40.8. The van der Waals surface area contributed by atoms with Crippen LogP contribution in [0.25, 0.3) is 60.9 Å². The Hall–Kier alpha value is -9.12. The molecule has 11 aromatic carbocycles. The number of nitrogens with zero attached hydrogens (tertiary/aromatic N) is 3. The molecule has 0 saturated heterocycles. The highest BCUT2D eigenvalue weighted by Crippen LogP contribution is 2.48. The van der Waals surface area contributed by atoms with Crippen LogP contribution in [0.5, 0.6) is 0 Å². The fraction of sp³-hybridized carbons (Fsp3) is 0.0435. The van der Waals surface area contributed by atoms with Gasteiger partial charge in [0.1, 0.15) is 0 Å². The molecule has 344 valence electrons. The van der Waals surface area contributed by atoms with Crippen molar-refractivity contribution in [2.45, 2.75) is 19.3 Å². The van der Waals surface area contributed by atoms with Gasteiger partial charge in [-0.1, -0.05) is 220 Å². The van der Waals surface area contributed by atoms with Crippen molar-refractivity contribution < 1.29 is 0 Å². The van der Waals surface area contributed by atoms with Gasteiger partial charge in [0.05, 0.1) is 16.7 Å². The summed E-state index contributed by atoms with van der Waals surface area (Å²) in [6, 6.07) is 98.9. The zero-order valence-corrected chi connectivity index (χ0v) is 40.8. The molecule has 0 fully saturated rings. The van der Waals surface area contributed by atoms with E-state index in [0.29, 0.717) is 0 Å². The molecular formula is C69H50BN3. The van der Waals surface area contributed by atoms with Crippen molar-refractivity contribution in [3.05, 3.63) is 278 Å². The lowest BCUT2D eigenvalue weighted by Gasteiger charge is -2.45. The summed E-state index contributed by atoms with van der Waals surface area (Å²) in [5, 5.41) is 2.47. The second-order valence-electron chi connectivity index (χ2n) is 20.1. The van der Waals surface area contributed by atoms with Gasteiger partial charge in [-0.2, -0.15) is 0 Å². The van der Waals surface area contributed by atoms with Gasteiger partial charge in [-0.3, -0.25) is 0 Å². The molecule has 0 unspecified atom stereocenters. The molecule has 14 rings (SSSR count). The highest BCUT2D eigenvalue weighted by atomic mass is 15.2. The van der Waals surface area contributed by atoms with Crippen LogP contribution in [0.3, 0.4) is 0 Å². The van der Waals surface area contributed by atoms with E-state index in [9.17, 15) is 0 Å². The molecule has 3 nitrogen and oxygen atoms in total. The topological polar surface area (TPSA) is 11.4 Å². The average molecular weight is 932 g/mol. The summed E-state index contributed by atoms with van der Waals surface area (Å²) in [7, 11) is 0. The van der Waals surface area contributed by atoms with E-state index in [0.717, 1.165) is 28.4 Å². The first-order valence-electron chi connectivity index (χ1n) is 25.4. The van der Waals surface area contributed by atoms with Gasteiger partial charge in [0, 0.05) is 50.3 Å². The summed E-state index contributed by atoms with van der Waals surface area (Å²) in [5.41, 5.74) is 23.7. The van der Waals surface area contributed by atoms with E-state index in [1.807, 2.05) is 0 Å². The maximum atomic E-state index is 2.57. The number of rotatable bonds is 8. The minimum atomic E-state index is -0.275. The summed E-state index contributed by atoms with van der Waals surface area (Å²) in [5.74, 6) is 0. The van der Waals surface area contributed by atoms with E-state index < -0.39 is 0 Å². The highest BCUT2D eigenvalue weighted by molar-refractivity contribution is 7.00. The Morgan fingerprint density at radius 3 is 1.27 bits per heavy atom. The van der Waals surface area contributed by atoms with Crippen molar-refractivity contribution in [1.82, 2.24) is 4.57 Å². The molecule has 0 aliphatic carbocycles. The van der Waals surface area contributed by atoms with Crippen molar-refractivity contribution in [2.24, 2.45) is 0 Å². The largest absolute Gasteiger partial charge is 0.311 e. The minimum Gasteiger partial charge on any atom is -0.311 e. The summed E-state index contributed by atoms with van der Waals surface area (Å²) in [6.45, 7) is 4.64. The van der Waals surface area contributed by atoms with Crippen LogP contribution in [0.4, 0.5) is 34.1 Å². The van der Waals surface area contributed by atoms with E-state index >= 15 is 0 Å². The standard InChI is InChI=1S/C69H50BN3/c1-69(2,53-25-13-6-14-26-53)54-36-41-60-65(44-54)72(56-39-33-51(34-40-56)48-21-9-4-10-22-48)67-46-57(73-62-29-17-15-27-58(62)59-28-16-18-30-63(59)73)45-66-68(67)70(60)61-43-52(49-23-11-5-12-24-49)35-42-64(61)71(66)55-37-31-50(32-38-55)47-19-7-3-8-20-47/h3-46H,1-2H3. The van der Waals surface area contributed by atoms with Crippen LogP contribution in [0, 0.1) is 0 Å². The lowest BCUT2D eigenvalue weighted by Crippen LogP contribution is -2.61. The van der Waals surface area contributed by atoms with Crippen molar-refractivity contribution in [3.8, 4) is 39.1 Å². The Balaban J connectivity index is 1.09. The molecular weight excluding hydrogens is 882 g/mol. The number of hydrogen-bond donors (Lipinski definition) is 0. The molecule has 2 aliphatic rings. The average Bonchev–Trinajstić information content (AvgIpc) is 3.80. The van der Waals surface area contributed by atoms with Gasteiger partial charge >= 0.3 is 0 Å². The van der Waals surface area contributed by atoms with Crippen molar-refractivity contribution in [1.29, 1.82) is 0 Å². The van der Waals surface area contributed by atoms with Crippen LogP contribution in [0.15, 0.2) is 267 Å². The fourth-order valence-electron chi connectivity index (χ4n) is 12.0. The van der Waals surface area contributed by atoms with Gasteiger partial charge in [0.25, 0.3) is 6.71 Å². The maximum Gasteiger partial charge on any atom is 0.252 e. The van der Waals surface area contributed by atoms with Gasteiger partial charge in [0.15, 0.2) is 0 Å². The summed E-state index contributed by atoms with van der Waals surface area (Å²) in [6.07, 6.45) is 0. The Morgan fingerprint density at radius 1 is 0.301 bits per heavy atom. The van der Waals surface area contributed by atoms with Gasteiger partial charge in [-0.15, -0.1) is 0 Å². The highest BCUT2D eigenvalue weighted by Gasteiger charge is 2.44. The molecule has 2 aliphatic heterocycles. The first-order chi connectivity index (χ1) is 36.0. The number of fused-ring (bicyclic) bond motifs is 7. The van der Waals surface area contributed by atoms with Crippen LogP contribution in [-0.4, -0.2) is 11.3 Å². The number of hydrogen-bond acceptors (Lipinski definition) is 2. The smallest absolute Gasteiger partial charge is 0.252 e. The van der Waals surface area contributed by atoms with E-state index in [1.54, 1.807) is 0 Å². The first kappa shape index (κ1) is 42.7. The molecule has 73 heavy (non-hydrogen) atoms. The third kappa shape index (κ3) is 6.97. The second-order valence-corrected chi connectivity index (χ2v) is 20.1. The number of anilines is 6. The fourth-order valence-corrected chi connectivity index (χ4v) is 12.0. The van der Waals surface area contributed by atoms with Crippen LogP contribution in [0.2, 0.25) is 0 Å². The van der Waals surface area contributed by atoms with E-state index in [4.69, 9.17) is 0 Å². The monoisotopic (exact) mass is 931 g/mol. The third-order valence-corrected chi connectivity index (χ3v) is 15.7. The molecule has 0 bridgehead atoms. The Kier molecular flexibility index (Phi) is 9.98. The molecule has 0 atom stereocenters. The SMILES string of the molecule is CC(C)(c1ccccc1)c1ccc2c(c1)N(c1ccc(-c3ccccc3)cc1)c1cc(-n3c4ccccc4c4ccccc43)cc3c1B2c1cc(-c2ccccc2)ccc1N3c1ccc(-c2ccccc2)cc1. The van der Waals surface area contributed by atoms with Gasteiger partial charge in [0.2, 0.25) is 0 Å². The maximum absolute atomic E-state index is 2.57. The van der Waals surface area contributed by atoms with Gasteiger partial charge in [-0.05, 0) is 122 Å². The molecule has 0 N–H and O–H groups in total. The second kappa shape index (κ2) is 17.0. The molecule has 0 saturated carbocycles. The molecule has 3 heterocycles. The predicted octanol–water partition coefficient (Wildman–Crippen LogP) is 16.2. The van der Waals surface area contributed by atoms with E-state index in [-0.39, 0.29) is 12.1 Å². The lowest BCUT2D eigenvalue weighted by atomic mass is 9.33. The van der Waals surface area contributed by atoms with Crippen LogP contribution in [0.1, 0.15) is 25.0 Å². The van der Waals surface area contributed by atoms with Crippen molar-refractivity contribution >= 4 is 79.0 Å². The molecule has 4 heteroatoms. The van der Waals surface area contributed by atoms with Crippen LogP contribution in [-0.2, 0) is 5.41 Å². The number of para-hydroxylation sites is 2. The predicted molar refractivity (Wildman–Crippen MR) is 310 cm³/mol. The lowest BCUT2D eigenvalue weighted by molar-refractivity contribution is 0.641. The first-order valence-corrected chi connectivity index (χ1v) is 25.4. The molecule has 1 aromatic heterocycles. The Bertz CT molecular complexity index is 3980. The number of aromatic nitrogens is 1.